The van der Waals surface area contributed by atoms with E-state index >= 15 is 0 Å². The number of hydrogen-bond donors (Lipinski definition) is 3. The average Bonchev–Trinajstić information content (AvgIpc) is 2.98. The molecule has 0 bridgehead atoms. The maximum atomic E-state index is 12.4. The average molecular weight is 423 g/mol. The zero-order chi connectivity index (χ0) is 22.5. The summed E-state index contributed by atoms with van der Waals surface area (Å²) in [5.41, 5.74) is -1.04. The maximum absolute atomic E-state index is 12.4. The summed E-state index contributed by atoms with van der Waals surface area (Å²) in [6, 6.07) is 0. The SMILES string of the molecule is C#Cc1cn([C@@H]2O[C@H](C)C(O)C2O)c(=O)nc1NC(=O)OCC(CC)(CC)COC. The quantitative estimate of drug-likeness (QED) is 0.525. The van der Waals surface area contributed by atoms with Gasteiger partial charge in [0.1, 0.15) is 18.8 Å². The van der Waals surface area contributed by atoms with Crippen molar-refractivity contribution in [3.8, 4) is 12.3 Å². The van der Waals surface area contributed by atoms with Crippen molar-refractivity contribution in [2.75, 3.05) is 25.6 Å². The molecule has 1 aliphatic rings. The van der Waals surface area contributed by atoms with E-state index < -0.39 is 36.3 Å². The molecule has 166 valence electrons. The molecule has 4 atom stereocenters. The smallest absolute Gasteiger partial charge is 0.412 e. The summed E-state index contributed by atoms with van der Waals surface area (Å²) >= 11 is 0. The maximum Gasteiger partial charge on any atom is 0.412 e. The lowest BCUT2D eigenvalue weighted by Crippen LogP contribution is -2.36. The van der Waals surface area contributed by atoms with Gasteiger partial charge >= 0.3 is 11.8 Å². The van der Waals surface area contributed by atoms with Crippen molar-refractivity contribution in [1.82, 2.24) is 9.55 Å². The lowest BCUT2D eigenvalue weighted by molar-refractivity contribution is -0.0350. The number of anilines is 1. The molecular formula is C20H29N3O7. The van der Waals surface area contributed by atoms with Crippen LogP contribution in [0, 0.1) is 17.8 Å². The highest BCUT2D eigenvalue weighted by molar-refractivity contribution is 5.84. The number of rotatable bonds is 8. The van der Waals surface area contributed by atoms with Crippen LogP contribution in [0.4, 0.5) is 10.6 Å². The lowest BCUT2D eigenvalue weighted by atomic mass is 9.84. The van der Waals surface area contributed by atoms with Gasteiger partial charge in [-0.1, -0.05) is 19.8 Å². The Morgan fingerprint density at radius 2 is 2.03 bits per heavy atom. The Labute approximate surface area is 175 Å². The first-order valence-electron chi connectivity index (χ1n) is 9.76. The number of nitrogens with one attached hydrogen (secondary N) is 1. The van der Waals surface area contributed by atoms with Crippen LogP contribution in [0.2, 0.25) is 0 Å². The van der Waals surface area contributed by atoms with E-state index in [0.29, 0.717) is 6.61 Å². The molecule has 10 nitrogen and oxygen atoms in total. The molecule has 0 radical (unpaired) electrons. The van der Waals surface area contributed by atoms with E-state index in [1.165, 1.54) is 6.20 Å². The van der Waals surface area contributed by atoms with Gasteiger partial charge in [0.25, 0.3) is 0 Å². The van der Waals surface area contributed by atoms with Crippen LogP contribution < -0.4 is 11.0 Å². The van der Waals surface area contributed by atoms with Crippen LogP contribution in [0.15, 0.2) is 11.0 Å². The predicted octanol–water partition coefficient (Wildman–Crippen LogP) is 0.865. The molecule has 0 aliphatic carbocycles. The number of aliphatic hydroxyl groups excluding tert-OH is 2. The Hall–Kier alpha value is -2.45. The van der Waals surface area contributed by atoms with Crippen LogP contribution in [0.25, 0.3) is 0 Å². The Kier molecular flexibility index (Phi) is 7.97. The van der Waals surface area contributed by atoms with E-state index in [0.717, 1.165) is 17.4 Å². The van der Waals surface area contributed by atoms with Gasteiger partial charge < -0.3 is 24.4 Å². The minimum atomic E-state index is -1.33. The van der Waals surface area contributed by atoms with Gasteiger partial charge in [-0.05, 0) is 19.8 Å². The fraction of sp³-hybridized carbons (Fsp3) is 0.650. The fourth-order valence-corrected chi connectivity index (χ4v) is 3.27. The van der Waals surface area contributed by atoms with Gasteiger partial charge in [-0.15, -0.1) is 6.42 Å². The molecular weight excluding hydrogens is 394 g/mol. The van der Waals surface area contributed by atoms with Crippen molar-refractivity contribution in [3.05, 3.63) is 22.2 Å². The van der Waals surface area contributed by atoms with Gasteiger partial charge in [0.2, 0.25) is 0 Å². The lowest BCUT2D eigenvalue weighted by Gasteiger charge is -2.30. The van der Waals surface area contributed by atoms with E-state index in [1.807, 2.05) is 13.8 Å². The Morgan fingerprint density at radius 3 is 2.53 bits per heavy atom. The topological polar surface area (TPSA) is 132 Å². The molecule has 3 N–H and O–H groups in total. The molecule has 10 heteroatoms. The van der Waals surface area contributed by atoms with Crippen molar-refractivity contribution in [1.29, 1.82) is 0 Å². The van der Waals surface area contributed by atoms with E-state index in [4.69, 9.17) is 20.6 Å². The highest BCUT2D eigenvalue weighted by Gasteiger charge is 2.42. The predicted molar refractivity (Wildman–Crippen MR) is 108 cm³/mol. The Morgan fingerprint density at radius 1 is 1.37 bits per heavy atom. The van der Waals surface area contributed by atoms with E-state index in [9.17, 15) is 19.8 Å². The summed E-state index contributed by atoms with van der Waals surface area (Å²) < 4.78 is 17.0. The van der Waals surface area contributed by atoms with E-state index in [-0.39, 0.29) is 23.4 Å². The second kappa shape index (κ2) is 10.0. The normalized spacial score (nSPS) is 23.8. The Balaban J connectivity index is 2.17. The van der Waals surface area contributed by atoms with Gasteiger partial charge in [0.05, 0.1) is 18.3 Å². The number of aliphatic hydroxyl groups is 2. The molecule has 2 rings (SSSR count). The van der Waals surface area contributed by atoms with Gasteiger partial charge in [0, 0.05) is 18.7 Å². The first kappa shape index (κ1) is 23.8. The molecule has 0 aromatic carbocycles. The summed E-state index contributed by atoms with van der Waals surface area (Å²) in [6.45, 7) is 6.10. The van der Waals surface area contributed by atoms with Gasteiger partial charge in [-0.2, -0.15) is 4.98 Å². The number of amides is 1. The second-order valence-corrected chi connectivity index (χ2v) is 7.39. The molecule has 2 heterocycles. The molecule has 2 unspecified atom stereocenters. The first-order valence-corrected chi connectivity index (χ1v) is 9.76. The third-order valence-corrected chi connectivity index (χ3v) is 5.54. The minimum Gasteiger partial charge on any atom is -0.449 e. The number of nitrogens with zero attached hydrogens (tertiary/aromatic N) is 2. The van der Waals surface area contributed by atoms with E-state index in [1.54, 1.807) is 14.0 Å². The van der Waals surface area contributed by atoms with Crippen molar-refractivity contribution in [2.45, 2.75) is 58.2 Å². The summed E-state index contributed by atoms with van der Waals surface area (Å²) in [4.78, 5) is 28.5. The molecule has 0 spiro atoms. The number of terminal acetylenes is 1. The Bertz CT molecular complexity index is 844. The second-order valence-electron chi connectivity index (χ2n) is 7.39. The summed E-state index contributed by atoms with van der Waals surface area (Å²) in [5, 5.41) is 22.4. The minimum absolute atomic E-state index is 0.0885. The summed E-state index contributed by atoms with van der Waals surface area (Å²) in [5.74, 6) is 2.19. The first-order chi connectivity index (χ1) is 14.2. The number of aromatic nitrogens is 2. The molecule has 30 heavy (non-hydrogen) atoms. The van der Waals surface area contributed by atoms with Crippen LogP contribution in [0.1, 0.15) is 45.4 Å². The molecule has 1 fully saturated rings. The highest BCUT2D eigenvalue weighted by atomic mass is 16.6. The monoisotopic (exact) mass is 423 g/mol. The van der Waals surface area contributed by atoms with Crippen LogP contribution in [0.3, 0.4) is 0 Å². The summed E-state index contributed by atoms with van der Waals surface area (Å²) in [7, 11) is 1.59. The van der Waals surface area contributed by atoms with Crippen molar-refractivity contribution in [2.24, 2.45) is 5.41 Å². The number of carbonyl (C=O) groups excluding carboxylic acids is 1. The molecule has 0 saturated carbocycles. The molecule has 1 saturated heterocycles. The largest absolute Gasteiger partial charge is 0.449 e. The third kappa shape index (κ3) is 4.99. The zero-order valence-electron chi connectivity index (χ0n) is 17.6. The van der Waals surface area contributed by atoms with Crippen molar-refractivity contribution in [3.63, 3.8) is 0 Å². The van der Waals surface area contributed by atoms with Crippen LogP contribution in [-0.2, 0) is 14.2 Å². The zero-order valence-corrected chi connectivity index (χ0v) is 17.6. The fourth-order valence-electron chi connectivity index (χ4n) is 3.27. The number of hydrogen-bond acceptors (Lipinski definition) is 8. The third-order valence-electron chi connectivity index (χ3n) is 5.54. The van der Waals surface area contributed by atoms with Crippen LogP contribution in [-0.4, -0.2) is 64.5 Å². The molecule has 1 aromatic heterocycles. The van der Waals surface area contributed by atoms with Gasteiger partial charge in [-0.25, -0.2) is 9.59 Å². The number of carbonyl (C=O) groups is 1. The number of methoxy groups -OCH3 is 1. The van der Waals surface area contributed by atoms with Crippen molar-refractivity contribution >= 4 is 11.9 Å². The van der Waals surface area contributed by atoms with Crippen LogP contribution >= 0.6 is 0 Å². The van der Waals surface area contributed by atoms with Gasteiger partial charge in [-0.3, -0.25) is 9.88 Å². The number of ether oxygens (including phenoxy) is 3. The summed E-state index contributed by atoms with van der Waals surface area (Å²) in [6.07, 6.45) is 3.11. The highest BCUT2D eigenvalue weighted by Crippen LogP contribution is 2.29. The standard InChI is InChI=1S/C20H29N3O7/c1-6-13-9-23(17-15(25)14(24)12(4)30-17)18(26)21-16(13)22-19(27)29-11-20(7-2,8-3)10-28-5/h1,9,12,14-15,17,24-25H,7-8,10-11H2,2-5H3,(H,21,22,26,27)/t12-,14?,15?,17-/m1/s1. The van der Waals surface area contributed by atoms with Gasteiger partial charge in [0.15, 0.2) is 12.0 Å². The van der Waals surface area contributed by atoms with Crippen LogP contribution in [0.5, 0.6) is 0 Å². The molecule has 1 aromatic rings. The molecule has 1 aliphatic heterocycles. The van der Waals surface area contributed by atoms with Crippen molar-refractivity contribution < 1.29 is 29.2 Å². The van der Waals surface area contributed by atoms with E-state index in [2.05, 4.69) is 16.2 Å². The molecule has 1 amide bonds.